The van der Waals surface area contributed by atoms with Gasteiger partial charge in [-0.3, -0.25) is 9.13 Å². The van der Waals surface area contributed by atoms with Crippen LogP contribution in [-0.4, -0.2) is 141 Å². The number of hydrogen-bond acceptors (Lipinski definition) is 17. The Morgan fingerprint density at radius 3 is 1.46 bits per heavy atom. The van der Waals surface area contributed by atoms with Crippen molar-refractivity contribution in [3.05, 3.63) is 12.7 Å². The van der Waals surface area contributed by atoms with Gasteiger partial charge in [-0.1, -0.05) is 0 Å². The van der Waals surface area contributed by atoms with Gasteiger partial charge >= 0.3 is 0 Å². The van der Waals surface area contributed by atoms with Crippen molar-refractivity contribution < 1.29 is 79.2 Å². The van der Waals surface area contributed by atoms with Crippen LogP contribution in [-0.2, 0) is 37.3 Å². The smallest absolute Gasteiger partial charge is 0.282 e. The lowest BCUT2D eigenvalue weighted by molar-refractivity contribution is -0.894. The van der Waals surface area contributed by atoms with Crippen LogP contribution in [0.4, 0.5) is 5.82 Å². The number of fused-ring (bicyclic) bond motifs is 1. The number of ether oxygens (including phenoxy) is 1. The van der Waals surface area contributed by atoms with E-state index in [1.165, 1.54) is 78.5 Å². The lowest BCUT2D eigenvalue weighted by Gasteiger charge is -2.34. The van der Waals surface area contributed by atoms with Crippen LogP contribution in [0.25, 0.3) is 11.2 Å². The van der Waals surface area contributed by atoms with Crippen molar-refractivity contribution in [2.24, 2.45) is 0 Å². The van der Waals surface area contributed by atoms with E-state index in [1.54, 1.807) is 19.6 Å². The van der Waals surface area contributed by atoms with Gasteiger partial charge in [0.1, 0.15) is 30.2 Å². The summed E-state index contributed by atoms with van der Waals surface area (Å²) >= 11 is 0. The molecule has 0 spiro atoms. The molecular weight excluding hydrogens is 836 g/mol. The van der Waals surface area contributed by atoms with E-state index in [4.69, 9.17) is 10.5 Å². The van der Waals surface area contributed by atoms with Gasteiger partial charge in [0.2, 0.25) is 10.4 Å². The van der Waals surface area contributed by atoms with Crippen LogP contribution in [0.15, 0.2) is 12.7 Å². The lowest BCUT2D eigenvalue weighted by atomic mass is 10.1. The summed E-state index contributed by atoms with van der Waals surface area (Å²) in [5, 5.41) is 10.4. The molecule has 1 saturated heterocycles. The number of nitrogens with one attached hydrogen (secondary N) is 4. The first-order valence-electron chi connectivity index (χ1n) is 20.5. The number of nitrogens with two attached hydrogens (primary N) is 1. The number of hydrogen-bond donors (Lipinski definition) is 6. The van der Waals surface area contributed by atoms with E-state index in [9.17, 15) is 41.9 Å². The summed E-state index contributed by atoms with van der Waals surface area (Å²) in [5.41, 5.74) is 5.73. The molecule has 22 nitrogen and oxygen atoms in total. The van der Waals surface area contributed by atoms with Crippen molar-refractivity contribution in [1.82, 2.24) is 19.5 Å². The minimum atomic E-state index is -5.74. The highest BCUT2D eigenvalue weighted by Gasteiger charge is 2.47. The molecular formula is C34H75N9O13P2S. The molecule has 5 unspecified atom stereocenters. The summed E-state index contributed by atoms with van der Waals surface area (Å²) in [6.45, 7) is 40.7. The van der Waals surface area contributed by atoms with Gasteiger partial charge in [0.15, 0.2) is 17.7 Å². The number of imidazole rings is 1. The van der Waals surface area contributed by atoms with Gasteiger partial charge in [0.05, 0.1) is 99.3 Å². The number of phosphoric ester groups is 2. The largest absolute Gasteiger partial charge is 0.790 e. The molecule has 0 aromatic carbocycles. The molecule has 1 aliphatic rings. The third-order valence-corrected chi connectivity index (χ3v) is 12.2. The Labute approximate surface area is 352 Å². The topological polar surface area (TPSA) is 305 Å². The van der Waals surface area contributed by atoms with Gasteiger partial charge in [0, 0.05) is 0 Å². The highest BCUT2D eigenvalue weighted by molar-refractivity contribution is 7.85. The van der Waals surface area contributed by atoms with Crippen molar-refractivity contribution in [3.8, 4) is 0 Å². The van der Waals surface area contributed by atoms with Crippen LogP contribution in [0.2, 0.25) is 0 Å². The molecule has 2 aromatic heterocycles. The minimum Gasteiger partial charge on any atom is -0.790 e. The third-order valence-electron chi connectivity index (χ3n) is 9.80. The Morgan fingerprint density at radius 1 is 0.746 bits per heavy atom. The predicted octanol–water partition coefficient (Wildman–Crippen LogP) is -4.43. The van der Waals surface area contributed by atoms with E-state index in [0.717, 1.165) is 17.2 Å². The Balaban J connectivity index is 0. The Bertz CT molecular complexity index is 1510. The first-order valence-corrected chi connectivity index (χ1v) is 24.7. The van der Waals surface area contributed by atoms with Crippen LogP contribution >= 0.6 is 15.6 Å². The number of nitrogens with zero attached hydrogens (tertiary/aromatic N) is 4. The Kier molecular flexibility index (Phi) is 31.3. The molecule has 0 aliphatic carbocycles. The highest BCUT2D eigenvalue weighted by atomic mass is 32.3. The molecule has 0 amide bonds. The molecule has 7 N–H and O–H groups in total. The van der Waals surface area contributed by atoms with Gasteiger partial charge in [-0.2, -0.15) is 0 Å². The Morgan fingerprint density at radius 2 is 1.14 bits per heavy atom. The number of anilines is 1. The second-order valence-corrected chi connectivity index (χ2v) is 16.8. The van der Waals surface area contributed by atoms with Crippen molar-refractivity contribution >= 4 is 43.0 Å². The first-order chi connectivity index (χ1) is 27.6. The summed E-state index contributed by atoms with van der Waals surface area (Å²) in [5.74, 6) is -0.0456. The summed E-state index contributed by atoms with van der Waals surface area (Å²) in [6, 6.07) is 0. The molecule has 1 aliphatic heterocycles. The van der Waals surface area contributed by atoms with Crippen molar-refractivity contribution in [3.63, 3.8) is 0 Å². The zero-order valence-corrected chi connectivity index (χ0v) is 39.8. The third kappa shape index (κ3) is 24.5. The maximum atomic E-state index is 11.4. The van der Waals surface area contributed by atoms with Gasteiger partial charge in [-0.05, 0) is 83.1 Å². The molecule has 3 heterocycles. The second-order valence-electron chi connectivity index (χ2n) is 13.1. The van der Waals surface area contributed by atoms with Crippen LogP contribution in [0.1, 0.15) is 89.3 Å². The molecule has 25 heteroatoms. The van der Waals surface area contributed by atoms with Crippen LogP contribution < -0.4 is 40.0 Å². The van der Waals surface area contributed by atoms with E-state index in [0.29, 0.717) is 0 Å². The summed E-state index contributed by atoms with van der Waals surface area (Å²) < 4.78 is 71.8. The summed E-state index contributed by atoms with van der Waals surface area (Å²) in [4.78, 5) is 51.7. The first kappa shape index (κ1) is 59.3. The number of quaternary nitrogens is 4. The monoisotopic (exact) mass is 911 g/mol. The number of phosphoric acid groups is 2. The molecule has 350 valence electrons. The van der Waals surface area contributed by atoms with E-state index in [1.807, 2.05) is 0 Å². The van der Waals surface area contributed by atoms with Crippen LogP contribution in [0.3, 0.4) is 0 Å². The molecule has 59 heavy (non-hydrogen) atoms. The van der Waals surface area contributed by atoms with Gasteiger partial charge in [-0.25, -0.2) is 27.3 Å². The quantitative estimate of drug-likeness (QED) is 0.0415. The zero-order chi connectivity index (χ0) is 46.0. The molecule has 1 fully saturated rings. The number of aliphatic hydroxyl groups excluding tert-OH is 1. The van der Waals surface area contributed by atoms with E-state index in [2.05, 4.69) is 111 Å². The fourth-order valence-corrected chi connectivity index (χ4v) is 7.67. The Hall–Kier alpha value is -1.76. The summed E-state index contributed by atoms with van der Waals surface area (Å²) in [7, 11) is -17.2. The number of aromatic nitrogens is 4. The van der Waals surface area contributed by atoms with Gasteiger partial charge in [0.25, 0.3) is 7.82 Å². The molecule has 2 aromatic rings. The lowest BCUT2D eigenvalue weighted by Crippen LogP contribution is -3.11. The van der Waals surface area contributed by atoms with Crippen molar-refractivity contribution in [2.45, 2.75) is 108 Å². The van der Waals surface area contributed by atoms with E-state index >= 15 is 0 Å². The SMILES string of the molecule is CC[NH+](CC)CC.CC[NH+](CC)CC.CC[NH+](CC)CC.CC[NH+](CC)CC.Nc1ncnc2c1ncn2C1OC(COP(=O)([O-])OS(=O)(=O)[O-])C(OP(=O)([O-])[O-])C1O. The van der Waals surface area contributed by atoms with Crippen molar-refractivity contribution in [2.75, 3.05) is 90.9 Å². The molecule has 0 radical (unpaired) electrons. The minimum absolute atomic E-state index is 0.0135. The van der Waals surface area contributed by atoms with Crippen molar-refractivity contribution in [1.29, 1.82) is 0 Å². The average molecular weight is 912 g/mol. The normalized spacial score (nSPS) is 19.0. The fourth-order valence-electron chi connectivity index (χ4n) is 5.72. The average Bonchev–Trinajstić information content (AvgIpc) is 3.74. The van der Waals surface area contributed by atoms with Gasteiger partial charge in [-0.15, -0.1) is 0 Å². The second kappa shape index (κ2) is 31.1. The maximum absolute atomic E-state index is 11.4. The number of rotatable bonds is 20. The maximum Gasteiger partial charge on any atom is 0.282 e. The highest BCUT2D eigenvalue weighted by Crippen LogP contribution is 2.44. The zero-order valence-electron chi connectivity index (χ0n) is 37.2. The standard InChI is InChI=1S/C10H15N5O13P2S.4C6H15N/c11-8-5-9(13-2-12-8)15(3-14-5)10-6(16)7(27-29(17,18)19)4(26-10)1-25-30(20,21)28-31(22,23)24;4*1-4-7(5-2)6-3/h2-4,6-7,10,16H,1H2,(H,20,21)(H2,11,12,13)(H2,17,18,19)(H,22,23,24);4*4-6H2,1-3H3. The molecule has 0 bridgehead atoms. The molecule has 0 saturated carbocycles. The van der Waals surface area contributed by atoms with Crippen LogP contribution in [0, 0.1) is 0 Å². The fraction of sp³-hybridized carbons (Fsp3) is 0.853. The van der Waals surface area contributed by atoms with E-state index in [-0.39, 0.29) is 17.0 Å². The molecule has 3 rings (SSSR count). The number of nitrogen functional groups attached to an aromatic ring is 1. The van der Waals surface area contributed by atoms with E-state index < -0.39 is 57.2 Å². The van der Waals surface area contributed by atoms with Gasteiger partial charge < -0.3 is 68.0 Å². The number of aliphatic hydroxyl groups is 1. The van der Waals surface area contributed by atoms with Crippen LogP contribution in [0.5, 0.6) is 0 Å². The predicted molar refractivity (Wildman–Crippen MR) is 217 cm³/mol. The molecule has 5 atom stereocenters. The summed E-state index contributed by atoms with van der Waals surface area (Å²) in [6.07, 6.45) is -5.14.